The van der Waals surface area contributed by atoms with Gasteiger partial charge < -0.3 is 5.32 Å². The van der Waals surface area contributed by atoms with Crippen LogP contribution >= 0.6 is 0 Å². The van der Waals surface area contributed by atoms with Gasteiger partial charge in [0.25, 0.3) is 5.91 Å². The summed E-state index contributed by atoms with van der Waals surface area (Å²) in [5.74, 6) is -0.101. The van der Waals surface area contributed by atoms with E-state index in [1.54, 1.807) is 0 Å². The molecule has 1 aromatic heterocycles. The minimum atomic E-state index is -0.101. The van der Waals surface area contributed by atoms with Crippen LogP contribution in [0.25, 0.3) is 11.1 Å². The molecule has 3 aromatic rings. The van der Waals surface area contributed by atoms with Crippen LogP contribution in [0.2, 0.25) is 0 Å². The number of H-pyrrole nitrogens is 1. The van der Waals surface area contributed by atoms with E-state index in [0.29, 0.717) is 5.56 Å². The number of carbonyl (C=O) groups excluding carboxylic acids is 1. The zero-order valence-corrected chi connectivity index (χ0v) is 13.1. The molecule has 0 fully saturated rings. The predicted molar refractivity (Wildman–Crippen MR) is 90.7 cm³/mol. The van der Waals surface area contributed by atoms with Gasteiger partial charge in [-0.25, -0.2) is 0 Å². The van der Waals surface area contributed by atoms with Gasteiger partial charge >= 0.3 is 0 Å². The van der Waals surface area contributed by atoms with E-state index >= 15 is 0 Å². The Hall–Kier alpha value is -2.88. The highest BCUT2D eigenvalue weighted by atomic mass is 16.1. The first-order valence-corrected chi connectivity index (χ1v) is 7.67. The Labute approximate surface area is 134 Å². The van der Waals surface area contributed by atoms with Crippen LogP contribution in [0.1, 0.15) is 32.9 Å². The Kier molecular flexibility index (Phi) is 3.05. The van der Waals surface area contributed by atoms with E-state index in [1.807, 2.05) is 32.0 Å². The van der Waals surface area contributed by atoms with E-state index in [0.717, 1.165) is 23.5 Å². The van der Waals surface area contributed by atoms with Gasteiger partial charge in [0.2, 0.25) is 0 Å². The molecule has 114 valence electrons. The van der Waals surface area contributed by atoms with Gasteiger partial charge in [-0.3, -0.25) is 9.89 Å². The van der Waals surface area contributed by atoms with E-state index in [2.05, 4.69) is 39.8 Å². The van der Waals surface area contributed by atoms with Gasteiger partial charge in [0, 0.05) is 5.56 Å². The molecule has 2 aromatic carbocycles. The monoisotopic (exact) mass is 303 g/mol. The number of aromatic nitrogens is 2. The van der Waals surface area contributed by atoms with Crippen molar-refractivity contribution in [1.82, 2.24) is 10.2 Å². The van der Waals surface area contributed by atoms with Crippen molar-refractivity contribution in [2.24, 2.45) is 0 Å². The first kappa shape index (κ1) is 13.8. The number of hydrogen-bond donors (Lipinski definition) is 2. The quantitative estimate of drug-likeness (QED) is 0.591. The van der Waals surface area contributed by atoms with Crippen molar-refractivity contribution >= 4 is 11.6 Å². The molecule has 2 N–H and O–H groups in total. The summed E-state index contributed by atoms with van der Waals surface area (Å²) in [6, 6.07) is 14.3. The average Bonchev–Trinajstić information content (AvgIpc) is 3.08. The second-order valence-electron chi connectivity index (χ2n) is 5.97. The fourth-order valence-electron chi connectivity index (χ4n) is 3.21. The van der Waals surface area contributed by atoms with Crippen LogP contribution in [0.15, 0.2) is 42.5 Å². The molecule has 0 saturated carbocycles. The highest BCUT2D eigenvalue weighted by Crippen LogP contribution is 2.36. The van der Waals surface area contributed by atoms with Gasteiger partial charge in [-0.1, -0.05) is 30.3 Å². The highest BCUT2D eigenvalue weighted by molar-refractivity contribution is 6.05. The van der Waals surface area contributed by atoms with Crippen LogP contribution in [0.4, 0.5) is 5.69 Å². The van der Waals surface area contributed by atoms with E-state index < -0.39 is 0 Å². The zero-order chi connectivity index (χ0) is 16.0. The summed E-state index contributed by atoms with van der Waals surface area (Å²) in [4.78, 5) is 12.5. The standard InChI is InChI=1S/C19H17N3O/c1-11-18(12(2)22-21-11)20-19(23)14-7-8-17-15(10-14)9-13-5-3-4-6-16(13)17/h3-8,10H,9H2,1-2H3,(H,20,23)(H,21,22). The van der Waals surface area contributed by atoms with Crippen molar-refractivity contribution < 1.29 is 4.79 Å². The molecule has 0 spiro atoms. The van der Waals surface area contributed by atoms with Crippen molar-refractivity contribution in [2.75, 3.05) is 5.32 Å². The Morgan fingerprint density at radius 3 is 2.65 bits per heavy atom. The Morgan fingerprint density at radius 1 is 1.09 bits per heavy atom. The maximum atomic E-state index is 12.5. The molecule has 4 heteroatoms. The van der Waals surface area contributed by atoms with Gasteiger partial charge in [0.15, 0.2) is 0 Å². The number of benzene rings is 2. The molecule has 4 nitrogen and oxygen atoms in total. The molecule has 0 bridgehead atoms. The predicted octanol–water partition coefficient (Wildman–Crippen LogP) is 3.85. The largest absolute Gasteiger partial charge is 0.319 e. The minimum absolute atomic E-state index is 0.101. The van der Waals surface area contributed by atoms with Gasteiger partial charge in [0.05, 0.1) is 17.1 Å². The molecule has 0 atom stereocenters. The van der Waals surface area contributed by atoms with E-state index in [9.17, 15) is 4.79 Å². The van der Waals surface area contributed by atoms with Crippen LogP contribution in [0.5, 0.6) is 0 Å². The number of amides is 1. The maximum Gasteiger partial charge on any atom is 0.255 e. The van der Waals surface area contributed by atoms with Crippen molar-refractivity contribution in [3.8, 4) is 11.1 Å². The number of fused-ring (bicyclic) bond motifs is 3. The molecule has 1 amide bonds. The van der Waals surface area contributed by atoms with Crippen molar-refractivity contribution in [1.29, 1.82) is 0 Å². The lowest BCUT2D eigenvalue weighted by molar-refractivity contribution is 0.102. The van der Waals surface area contributed by atoms with Crippen molar-refractivity contribution in [2.45, 2.75) is 20.3 Å². The first-order valence-electron chi connectivity index (χ1n) is 7.67. The van der Waals surface area contributed by atoms with Crippen LogP contribution in [0, 0.1) is 13.8 Å². The average molecular weight is 303 g/mol. The number of anilines is 1. The second kappa shape index (κ2) is 5.09. The summed E-state index contributed by atoms with van der Waals surface area (Å²) >= 11 is 0. The third kappa shape index (κ3) is 2.23. The smallest absolute Gasteiger partial charge is 0.255 e. The molecule has 1 aliphatic rings. The van der Waals surface area contributed by atoms with Crippen LogP contribution in [-0.2, 0) is 6.42 Å². The topological polar surface area (TPSA) is 57.8 Å². The van der Waals surface area contributed by atoms with E-state index in [4.69, 9.17) is 0 Å². The summed E-state index contributed by atoms with van der Waals surface area (Å²) in [5, 5.41) is 9.95. The number of nitrogens with one attached hydrogen (secondary N) is 2. The molecule has 1 aliphatic carbocycles. The van der Waals surface area contributed by atoms with Gasteiger partial charge in [-0.2, -0.15) is 5.10 Å². The summed E-state index contributed by atoms with van der Waals surface area (Å²) in [7, 11) is 0. The number of hydrogen-bond acceptors (Lipinski definition) is 2. The maximum absolute atomic E-state index is 12.5. The fraction of sp³-hybridized carbons (Fsp3) is 0.158. The lowest BCUT2D eigenvalue weighted by Crippen LogP contribution is -2.13. The molecule has 23 heavy (non-hydrogen) atoms. The molecule has 0 aliphatic heterocycles. The SMILES string of the molecule is Cc1n[nH]c(C)c1NC(=O)c1ccc2c(c1)Cc1ccccc1-2. The van der Waals surface area contributed by atoms with Crippen molar-refractivity contribution in [3.05, 3.63) is 70.5 Å². The normalized spacial score (nSPS) is 11.9. The molecule has 0 radical (unpaired) electrons. The van der Waals surface area contributed by atoms with Crippen molar-refractivity contribution in [3.63, 3.8) is 0 Å². The summed E-state index contributed by atoms with van der Waals surface area (Å²) in [6.45, 7) is 3.77. The number of rotatable bonds is 2. The van der Waals surface area contributed by atoms with Gasteiger partial charge in [-0.05, 0) is 54.7 Å². The summed E-state index contributed by atoms with van der Waals surface area (Å²) in [5.41, 5.74) is 8.13. The lowest BCUT2D eigenvalue weighted by Gasteiger charge is -2.07. The molecule has 0 saturated heterocycles. The Balaban J connectivity index is 1.65. The number of aromatic amines is 1. The summed E-state index contributed by atoms with van der Waals surface area (Å²) in [6.07, 6.45) is 0.885. The number of nitrogens with zero attached hydrogens (tertiary/aromatic N) is 1. The Bertz CT molecular complexity index is 905. The van der Waals surface area contributed by atoms with Crippen LogP contribution in [-0.4, -0.2) is 16.1 Å². The number of carbonyl (C=O) groups is 1. The fourth-order valence-corrected chi connectivity index (χ4v) is 3.21. The van der Waals surface area contributed by atoms with E-state index in [1.165, 1.54) is 22.3 Å². The molecular weight excluding hydrogens is 286 g/mol. The lowest BCUT2D eigenvalue weighted by atomic mass is 10.0. The minimum Gasteiger partial charge on any atom is -0.319 e. The van der Waals surface area contributed by atoms with Gasteiger partial charge in [-0.15, -0.1) is 0 Å². The van der Waals surface area contributed by atoms with Gasteiger partial charge in [0.1, 0.15) is 0 Å². The van der Waals surface area contributed by atoms with E-state index in [-0.39, 0.29) is 5.91 Å². The number of aryl methyl sites for hydroxylation is 2. The van der Waals surface area contributed by atoms with Crippen LogP contribution < -0.4 is 5.32 Å². The highest BCUT2D eigenvalue weighted by Gasteiger charge is 2.20. The third-order valence-corrected chi connectivity index (χ3v) is 4.42. The first-order chi connectivity index (χ1) is 11.1. The molecule has 0 unspecified atom stereocenters. The molecular formula is C19H17N3O. The summed E-state index contributed by atoms with van der Waals surface area (Å²) < 4.78 is 0. The zero-order valence-electron chi connectivity index (χ0n) is 13.1. The molecule has 4 rings (SSSR count). The Morgan fingerprint density at radius 2 is 1.87 bits per heavy atom. The third-order valence-electron chi connectivity index (χ3n) is 4.42. The van der Waals surface area contributed by atoms with Crippen LogP contribution in [0.3, 0.4) is 0 Å². The second-order valence-corrected chi connectivity index (χ2v) is 5.97. The molecule has 1 heterocycles.